The minimum absolute atomic E-state index is 0.225. The molecule has 0 unspecified atom stereocenters. The third kappa shape index (κ3) is 2.90. The summed E-state index contributed by atoms with van der Waals surface area (Å²) >= 11 is 3.48. The lowest BCUT2D eigenvalue weighted by Crippen LogP contribution is -2.02. The molecule has 4 nitrogen and oxygen atoms in total. The van der Waals surface area contributed by atoms with Gasteiger partial charge in [-0.1, -0.05) is 15.9 Å². The predicted molar refractivity (Wildman–Crippen MR) is 80.5 cm³/mol. The summed E-state index contributed by atoms with van der Waals surface area (Å²) in [4.78, 5) is 0. The largest absolute Gasteiger partial charge is 0.497 e. The minimum Gasteiger partial charge on any atom is -0.497 e. The van der Waals surface area contributed by atoms with E-state index in [1.807, 2.05) is 12.1 Å². The van der Waals surface area contributed by atoms with Crippen molar-refractivity contribution >= 4 is 21.6 Å². The number of hydrogen-bond acceptors (Lipinski definition) is 4. The van der Waals surface area contributed by atoms with Crippen LogP contribution in [0.2, 0.25) is 0 Å². The second kappa shape index (κ2) is 5.81. The maximum absolute atomic E-state index is 13.8. The van der Waals surface area contributed by atoms with Crippen molar-refractivity contribution in [3.05, 3.63) is 46.2 Å². The van der Waals surface area contributed by atoms with Crippen molar-refractivity contribution in [3.63, 3.8) is 0 Å². The fourth-order valence-electron chi connectivity index (χ4n) is 2.05. The number of anilines is 1. The molecule has 1 heterocycles. The Balaban J connectivity index is 1.79. The van der Waals surface area contributed by atoms with Crippen LogP contribution in [0.25, 0.3) is 0 Å². The Morgan fingerprint density at radius 1 is 1.24 bits per heavy atom. The van der Waals surface area contributed by atoms with Crippen molar-refractivity contribution in [1.82, 2.24) is 0 Å². The Morgan fingerprint density at radius 2 is 2.00 bits per heavy atom. The highest BCUT2D eigenvalue weighted by atomic mass is 79.9. The molecule has 0 spiro atoms. The van der Waals surface area contributed by atoms with Gasteiger partial charge < -0.3 is 19.5 Å². The zero-order valence-electron chi connectivity index (χ0n) is 11.3. The molecule has 1 aliphatic heterocycles. The SMILES string of the molecule is COc1ccc(F)c(NCc2cc3c(cc2Br)OCO3)c1. The molecule has 0 saturated heterocycles. The lowest BCUT2D eigenvalue weighted by Gasteiger charge is -2.11. The molecule has 0 aliphatic carbocycles. The normalized spacial score (nSPS) is 12.3. The number of rotatable bonds is 4. The molecule has 0 atom stereocenters. The quantitative estimate of drug-likeness (QED) is 0.903. The zero-order chi connectivity index (χ0) is 14.8. The van der Waals surface area contributed by atoms with Crippen LogP contribution < -0.4 is 19.5 Å². The number of halogens is 2. The van der Waals surface area contributed by atoms with Gasteiger partial charge in [-0.2, -0.15) is 0 Å². The molecular weight excluding hydrogens is 341 g/mol. The number of ether oxygens (including phenoxy) is 3. The van der Waals surface area contributed by atoms with Gasteiger partial charge in [0.25, 0.3) is 0 Å². The van der Waals surface area contributed by atoms with E-state index in [0.717, 1.165) is 10.0 Å². The Kier molecular flexibility index (Phi) is 3.88. The average Bonchev–Trinajstić information content (AvgIpc) is 2.93. The van der Waals surface area contributed by atoms with E-state index < -0.39 is 0 Å². The highest BCUT2D eigenvalue weighted by molar-refractivity contribution is 9.10. The van der Waals surface area contributed by atoms with E-state index in [0.29, 0.717) is 29.5 Å². The van der Waals surface area contributed by atoms with Gasteiger partial charge in [-0.3, -0.25) is 0 Å². The number of nitrogens with one attached hydrogen (secondary N) is 1. The summed E-state index contributed by atoms with van der Waals surface area (Å²) in [5.41, 5.74) is 1.33. The summed E-state index contributed by atoms with van der Waals surface area (Å²) < 4.78 is 30.4. The summed E-state index contributed by atoms with van der Waals surface area (Å²) in [6.07, 6.45) is 0. The van der Waals surface area contributed by atoms with E-state index in [1.54, 1.807) is 19.2 Å². The fourth-order valence-corrected chi connectivity index (χ4v) is 2.51. The van der Waals surface area contributed by atoms with Gasteiger partial charge in [0.2, 0.25) is 6.79 Å². The van der Waals surface area contributed by atoms with Crippen molar-refractivity contribution in [2.45, 2.75) is 6.54 Å². The highest BCUT2D eigenvalue weighted by Crippen LogP contribution is 2.37. The molecule has 1 aliphatic rings. The number of benzene rings is 2. The van der Waals surface area contributed by atoms with Gasteiger partial charge in [-0.25, -0.2) is 4.39 Å². The van der Waals surface area contributed by atoms with Crippen LogP contribution in [0.5, 0.6) is 17.2 Å². The summed E-state index contributed by atoms with van der Waals surface area (Å²) in [6.45, 7) is 0.671. The maximum atomic E-state index is 13.8. The van der Waals surface area contributed by atoms with Crippen molar-refractivity contribution in [2.75, 3.05) is 19.2 Å². The average molecular weight is 354 g/mol. The van der Waals surface area contributed by atoms with Crippen LogP contribution in [0.1, 0.15) is 5.56 Å². The standard InChI is InChI=1S/C15H13BrFNO3/c1-19-10-2-3-12(17)13(5-10)18-7-9-4-14-15(6-11(9)16)21-8-20-14/h2-6,18H,7-8H2,1H3. The monoisotopic (exact) mass is 353 g/mol. The Morgan fingerprint density at radius 3 is 2.76 bits per heavy atom. The molecule has 2 aromatic carbocycles. The molecule has 0 saturated carbocycles. The maximum Gasteiger partial charge on any atom is 0.231 e. The van der Waals surface area contributed by atoms with Crippen LogP contribution in [-0.2, 0) is 6.54 Å². The number of hydrogen-bond donors (Lipinski definition) is 1. The Bertz CT molecular complexity index is 678. The fraction of sp³-hybridized carbons (Fsp3) is 0.200. The van der Waals surface area contributed by atoms with Crippen LogP contribution in [0.4, 0.5) is 10.1 Å². The topological polar surface area (TPSA) is 39.7 Å². The van der Waals surface area contributed by atoms with Crippen molar-refractivity contribution in [1.29, 1.82) is 0 Å². The Hall–Kier alpha value is -1.95. The van der Waals surface area contributed by atoms with Gasteiger partial charge >= 0.3 is 0 Å². The second-order valence-electron chi connectivity index (χ2n) is 4.50. The lowest BCUT2D eigenvalue weighted by molar-refractivity contribution is 0.174. The van der Waals surface area contributed by atoms with Gasteiger partial charge in [-0.15, -0.1) is 0 Å². The number of fused-ring (bicyclic) bond motifs is 1. The van der Waals surface area contributed by atoms with E-state index in [1.165, 1.54) is 6.07 Å². The molecule has 3 rings (SSSR count). The van der Waals surface area contributed by atoms with Gasteiger partial charge in [-0.05, 0) is 29.8 Å². The minimum atomic E-state index is -0.326. The van der Waals surface area contributed by atoms with E-state index >= 15 is 0 Å². The van der Waals surface area contributed by atoms with Crippen molar-refractivity contribution in [2.24, 2.45) is 0 Å². The summed E-state index contributed by atoms with van der Waals surface area (Å²) in [5.74, 6) is 1.68. The van der Waals surface area contributed by atoms with Crippen LogP contribution >= 0.6 is 15.9 Å². The molecule has 21 heavy (non-hydrogen) atoms. The molecule has 0 radical (unpaired) electrons. The van der Waals surface area contributed by atoms with Crippen LogP contribution in [0.15, 0.2) is 34.8 Å². The molecule has 0 amide bonds. The molecule has 2 aromatic rings. The highest BCUT2D eigenvalue weighted by Gasteiger charge is 2.16. The first kappa shape index (κ1) is 14.0. The van der Waals surface area contributed by atoms with Crippen molar-refractivity contribution < 1.29 is 18.6 Å². The lowest BCUT2D eigenvalue weighted by atomic mass is 10.2. The van der Waals surface area contributed by atoms with E-state index in [-0.39, 0.29) is 12.6 Å². The van der Waals surface area contributed by atoms with E-state index in [9.17, 15) is 4.39 Å². The molecule has 1 N–H and O–H groups in total. The molecule has 6 heteroatoms. The smallest absolute Gasteiger partial charge is 0.231 e. The Labute approximate surface area is 130 Å². The van der Waals surface area contributed by atoms with Gasteiger partial charge in [0.05, 0.1) is 12.8 Å². The molecular formula is C15H13BrFNO3. The molecule has 0 aromatic heterocycles. The third-order valence-corrected chi connectivity index (χ3v) is 3.92. The van der Waals surface area contributed by atoms with Gasteiger partial charge in [0, 0.05) is 17.1 Å². The predicted octanol–water partition coefficient (Wildman–Crippen LogP) is 3.94. The first-order valence-corrected chi connectivity index (χ1v) is 7.12. The third-order valence-electron chi connectivity index (χ3n) is 3.18. The summed E-state index contributed by atoms with van der Waals surface area (Å²) in [6, 6.07) is 8.29. The number of methoxy groups -OCH3 is 1. The van der Waals surface area contributed by atoms with E-state index in [4.69, 9.17) is 14.2 Å². The first-order valence-electron chi connectivity index (χ1n) is 6.33. The van der Waals surface area contributed by atoms with E-state index in [2.05, 4.69) is 21.2 Å². The van der Waals surface area contributed by atoms with Crippen LogP contribution in [0, 0.1) is 5.82 Å². The zero-order valence-corrected chi connectivity index (χ0v) is 12.9. The molecule has 110 valence electrons. The van der Waals surface area contributed by atoms with Gasteiger partial charge in [0.1, 0.15) is 11.6 Å². The van der Waals surface area contributed by atoms with Crippen LogP contribution in [-0.4, -0.2) is 13.9 Å². The second-order valence-corrected chi connectivity index (χ2v) is 5.35. The van der Waals surface area contributed by atoms with Crippen LogP contribution in [0.3, 0.4) is 0 Å². The molecule has 0 bridgehead atoms. The van der Waals surface area contributed by atoms with Crippen molar-refractivity contribution in [3.8, 4) is 17.2 Å². The first-order chi connectivity index (χ1) is 10.2. The summed E-state index contributed by atoms with van der Waals surface area (Å²) in [5, 5.41) is 3.05. The van der Waals surface area contributed by atoms with Gasteiger partial charge in [0.15, 0.2) is 11.5 Å². The molecule has 0 fully saturated rings. The summed E-state index contributed by atoms with van der Waals surface area (Å²) in [7, 11) is 1.55.